The molecule has 0 aliphatic rings. The number of ether oxygens (including phenoxy) is 2. The van der Waals surface area contributed by atoms with Crippen LogP contribution >= 0.6 is 0 Å². The summed E-state index contributed by atoms with van der Waals surface area (Å²) in [5.41, 5.74) is 0.870. The van der Waals surface area contributed by atoms with Gasteiger partial charge in [0.2, 0.25) is 5.91 Å². The summed E-state index contributed by atoms with van der Waals surface area (Å²) in [4.78, 5) is 35.6. The highest BCUT2D eigenvalue weighted by atomic mass is 16.5. The van der Waals surface area contributed by atoms with Crippen molar-refractivity contribution in [1.29, 1.82) is 0 Å². The molecule has 1 amide bonds. The number of amides is 1. The fourth-order valence-electron chi connectivity index (χ4n) is 2.11. The van der Waals surface area contributed by atoms with Gasteiger partial charge in [-0.3, -0.25) is 14.9 Å². The molecule has 0 bridgehead atoms. The highest BCUT2D eigenvalue weighted by molar-refractivity contribution is 5.87. The van der Waals surface area contributed by atoms with E-state index in [0.29, 0.717) is 0 Å². The molecule has 1 aromatic rings. The van der Waals surface area contributed by atoms with Crippen molar-refractivity contribution in [2.75, 3.05) is 13.7 Å². The zero-order chi connectivity index (χ0) is 18.8. The molecule has 2 N–H and O–H groups in total. The van der Waals surface area contributed by atoms with Gasteiger partial charge in [-0.1, -0.05) is 44.2 Å². The molecule has 0 aliphatic carbocycles. The van der Waals surface area contributed by atoms with Crippen LogP contribution in [0.5, 0.6) is 0 Å². The third kappa shape index (κ3) is 7.34. The van der Waals surface area contributed by atoms with E-state index >= 15 is 0 Å². The number of nitrogens with one attached hydrogen (secondary N) is 2. The van der Waals surface area contributed by atoms with Crippen molar-refractivity contribution in [3.8, 4) is 0 Å². The van der Waals surface area contributed by atoms with Gasteiger partial charge in [-0.05, 0) is 18.4 Å². The van der Waals surface area contributed by atoms with Gasteiger partial charge in [0.25, 0.3) is 0 Å². The van der Waals surface area contributed by atoms with E-state index in [-0.39, 0.29) is 25.0 Å². The highest BCUT2D eigenvalue weighted by Crippen LogP contribution is 2.04. The van der Waals surface area contributed by atoms with Crippen LogP contribution in [0.25, 0.3) is 0 Å². The molecule has 0 saturated heterocycles. The number of benzene rings is 1. The van der Waals surface area contributed by atoms with E-state index < -0.39 is 24.0 Å². The predicted molar refractivity (Wildman–Crippen MR) is 92.5 cm³/mol. The Kier molecular flexibility index (Phi) is 8.63. The number of hydrogen-bond donors (Lipinski definition) is 2. The number of methoxy groups -OCH3 is 1. The normalized spacial score (nSPS) is 13.0. The zero-order valence-electron chi connectivity index (χ0n) is 15.1. The van der Waals surface area contributed by atoms with Crippen LogP contribution in [0, 0.1) is 5.92 Å². The minimum absolute atomic E-state index is 0.0720. The van der Waals surface area contributed by atoms with Crippen LogP contribution in [0.3, 0.4) is 0 Å². The molecule has 0 spiro atoms. The Bertz CT molecular complexity index is 574. The lowest BCUT2D eigenvalue weighted by molar-refractivity contribution is -0.149. The first kappa shape index (κ1) is 20.6. The summed E-state index contributed by atoms with van der Waals surface area (Å²) >= 11 is 0. The van der Waals surface area contributed by atoms with E-state index in [0.717, 1.165) is 5.56 Å². The number of esters is 2. The number of hydrogen-bond acceptors (Lipinski definition) is 6. The van der Waals surface area contributed by atoms with Crippen molar-refractivity contribution < 1.29 is 23.9 Å². The number of carbonyl (C=O) groups is 3. The van der Waals surface area contributed by atoms with Crippen LogP contribution in [-0.2, 0) is 30.5 Å². The molecule has 7 nitrogen and oxygen atoms in total. The second kappa shape index (κ2) is 10.5. The summed E-state index contributed by atoms with van der Waals surface area (Å²) in [6.07, 6.45) is 0. The van der Waals surface area contributed by atoms with Gasteiger partial charge in [-0.2, -0.15) is 0 Å². The smallest absolute Gasteiger partial charge is 0.328 e. The van der Waals surface area contributed by atoms with Gasteiger partial charge < -0.3 is 14.8 Å². The standard InChI is InChI=1S/C18H26N2O5/c1-12(2)16(19-10-15(21)24-4)17(22)20-13(3)18(23)25-11-14-8-6-5-7-9-14/h5-9,12-13,16,19H,10-11H2,1-4H3,(H,20,22)/t13?,16-/m0/s1. The van der Waals surface area contributed by atoms with Crippen molar-refractivity contribution in [1.82, 2.24) is 10.6 Å². The van der Waals surface area contributed by atoms with Crippen LogP contribution < -0.4 is 10.6 Å². The molecule has 1 unspecified atom stereocenters. The molecule has 0 aliphatic heterocycles. The van der Waals surface area contributed by atoms with Gasteiger partial charge in [0, 0.05) is 0 Å². The second-order valence-electron chi connectivity index (χ2n) is 6.00. The van der Waals surface area contributed by atoms with E-state index in [1.165, 1.54) is 7.11 Å². The van der Waals surface area contributed by atoms with Crippen LogP contribution in [0.4, 0.5) is 0 Å². The molecule has 0 radical (unpaired) electrons. The summed E-state index contributed by atoms with van der Waals surface area (Å²) in [5, 5.41) is 5.44. The van der Waals surface area contributed by atoms with E-state index in [1.807, 2.05) is 44.2 Å². The predicted octanol–water partition coefficient (Wildman–Crippen LogP) is 1.02. The van der Waals surface area contributed by atoms with Gasteiger partial charge in [0.1, 0.15) is 12.6 Å². The molecular formula is C18H26N2O5. The quantitative estimate of drug-likeness (QED) is 0.646. The molecule has 138 valence electrons. The fraction of sp³-hybridized carbons (Fsp3) is 0.500. The highest BCUT2D eigenvalue weighted by Gasteiger charge is 2.26. The van der Waals surface area contributed by atoms with Gasteiger partial charge in [-0.25, -0.2) is 4.79 Å². The maximum atomic E-state index is 12.3. The molecule has 0 aromatic heterocycles. The molecule has 0 fully saturated rings. The average Bonchev–Trinajstić information content (AvgIpc) is 2.59. The third-order valence-corrected chi connectivity index (χ3v) is 3.58. The maximum absolute atomic E-state index is 12.3. The fourth-order valence-corrected chi connectivity index (χ4v) is 2.11. The van der Waals surface area contributed by atoms with Crippen LogP contribution in [0.1, 0.15) is 26.3 Å². The molecular weight excluding hydrogens is 324 g/mol. The van der Waals surface area contributed by atoms with Crippen molar-refractivity contribution in [2.45, 2.75) is 39.5 Å². The van der Waals surface area contributed by atoms with Gasteiger partial charge >= 0.3 is 11.9 Å². The van der Waals surface area contributed by atoms with Crippen LogP contribution in [0.15, 0.2) is 30.3 Å². The Morgan fingerprint density at radius 2 is 1.72 bits per heavy atom. The van der Waals surface area contributed by atoms with Crippen molar-refractivity contribution >= 4 is 17.8 Å². The monoisotopic (exact) mass is 350 g/mol. The Balaban J connectivity index is 2.51. The van der Waals surface area contributed by atoms with Crippen LogP contribution in [0.2, 0.25) is 0 Å². The average molecular weight is 350 g/mol. The lowest BCUT2D eigenvalue weighted by Crippen LogP contribution is -2.52. The first-order chi connectivity index (χ1) is 11.8. The summed E-state index contributed by atoms with van der Waals surface area (Å²) < 4.78 is 9.74. The molecule has 0 saturated carbocycles. The lowest BCUT2D eigenvalue weighted by atomic mass is 10.0. The van der Waals surface area contributed by atoms with E-state index in [2.05, 4.69) is 15.4 Å². The van der Waals surface area contributed by atoms with Gasteiger partial charge in [0.05, 0.1) is 19.7 Å². The number of rotatable bonds is 9. The minimum atomic E-state index is -0.794. The van der Waals surface area contributed by atoms with E-state index in [1.54, 1.807) is 6.92 Å². The molecule has 7 heteroatoms. The van der Waals surface area contributed by atoms with Gasteiger partial charge in [0.15, 0.2) is 0 Å². The maximum Gasteiger partial charge on any atom is 0.328 e. The summed E-state index contributed by atoms with van der Waals surface area (Å²) in [5.74, 6) is -1.43. The minimum Gasteiger partial charge on any atom is -0.468 e. The van der Waals surface area contributed by atoms with E-state index in [9.17, 15) is 14.4 Å². The third-order valence-electron chi connectivity index (χ3n) is 3.58. The molecule has 1 rings (SSSR count). The Morgan fingerprint density at radius 1 is 1.08 bits per heavy atom. The van der Waals surface area contributed by atoms with E-state index in [4.69, 9.17) is 4.74 Å². The SMILES string of the molecule is COC(=O)CN[C@H](C(=O)NC(C)C(=O)OCc1ccccc1)C(C)C. The van der Waals surface area contributed by atoms with Crippen molar-refractivity contribution in [2.24, 2.45) is 5.92 Å². The Hall–Kier alpha value is -2.41. The van der Waals surface area contributed by atoms with Crippen LogP contribution in [-0.4, -0.2) is 43.6 Å². The Morgan fingerprint density at radius 3 is 2.28 bits per heavy atom. The summed E-state index contributed by atoms with van der Waals surface area (Å²) in [6.45, 7) is 5.30. The van der Waals surface area contributed by atoms with Gasteiger partial charge in [-0.15, -0.1) is 0 Å². The molecule has 25 heavy (non-hydrogen) atoms. The summed E-state index contributed by atoms with van der Waals surface area (Å²) in [6, 6.07) is 7.87. The molecule has 1 aromatic carbocycles. The zero-order valence-corrected chi connectivity index (χ0v) is 15.1. The largest absolute Gasteiger partial charge is 0.468 e. The topological polar surface area (TPSA) is 93.7 Å². The number of carbonyl (C=O) groups excluding carboxylic acids is 3. The molecule has 0 heterocycles. The second-order valence-corrected chi connectivity index (χ2v) is 6.00. The first-order valence-electron chi connectivity index (χ1n) is 8.16. The lowest BCUT2D eigenvalue weighted by Gasteiger charge is -2.23. The summed E-state index contributed by atoms with van der Waals surface area (Å²) in [7, 11) is 1.28. The van der Waals surface area contributed by atoms with Crippen molar-refractivity contribution in [3.05, 3.63) is 35.9 Å². The first-order valence-corrected chi connectivity index (χ1v) is 8.16. The molecule has 2 atom stereocenters. The van der Waals surface area contributed by atoms with Crippen molar-refractivity contribution in [3.63, 3.8) is 0 Å². The Labute approximate surface area is 148 Å².